The van der Waals surface area contributed by atoms with Gasteiger partial charge in [0.25, 0.3) is 0 Å². The monoisotopic (exact) mass is 631 g/mol. The van der Waals surface area contributed by atoms with Crippen molar-refractivity contribution in [2.45, 2.75) is 51.4 Å². The summed E-state index contributed by atoms with van der Waals surface area (Å²) in [6, 6.07) is 4.38. The SMILES string of the molecule is CC1CNCC(N(C)c2nc(OC(C)CN3CCCCC3)nc3c(F)c(-c4ccc(F)c5sc(N)nc45)c(Cl)cc23)CO1. The lowest BCUT2D eigenvalue weighted by Crippen LogP contribution is -2.42. The van der Waals surface area contributed by atoms with Crippen molar-refractivity contribution in [1.29, 1.82) is 0 Å². The van der Waals surface area contributed by atoms with Crippen molar-refractivity contribution in [3.05, 3.63) is 34.9 Å². The molecule has 2 aliphatic heterocycles. The van der Waals surface area contributed by atoms with Crippen molar-refractivity contribution in [2.75, 3.05) is 57.0 Å². The summed E-state index contributed by atoms with van der Waals surface area (Å²) < 4.78 is 43.8. The minimum absolute atomic E-state index is 0.0490. The van der Waals surface area contributed by atoms with E-state index in [4.69, 9.17) is 31.8 Å². The molecule has 0 saturated carbocycles. The fraction of sp³-hybridized carbons (Fsp3) is 0.500. The van der Waals surface area contributed by atoms with E-state index in [0.29, 0.717) is 29.9 Å². The van der Waals surface area contributed by atoms with Gasteiger partial charge in [0, 0.05) is 43.2 Å². The van der Waals surface area contributed by atoms with Gasteiger partial charge in [0.1, 0.15) is 23.3 Å². The average molecular weight is 632 g/mol. The molecule has 2 saturated heterocycles. The number of nitrogen functional groups attached to an aromatic ring is 1. The Kier molecular flexibility index (Phi) is 8.84. The van der Waals surface area contributed by atoms with Crippen molar-refractivity contribution < 1.29 is 18.3 Å². The van der Waals surface area contributed by atoms with Gasteiger partial charge in [-0.3, -0.25) is 4.90 Å². The van der Waals surface area contributed by atoms with Crippen LogP contribution in [0.1, 0.15) is 33.1 Å². The summed E-state index contributed by atoms with van der Waals surface area (Å²) >= 11 is 7.80. The molecule has 2 aromatic heterocycles. The molecule has 0 aliphatic carbocycles. The first kappa shape index (κ1) is 30.1. The van der Waals surface area contributed by atoms with Crippen LogP contribution in [0.2, 0.25) is 5.02 Å². The smallest absolute Gasteiger partial charge is 0.319 e. The Morgan fingerprint density at radius 2 is 1.98 bits per heavy atom. The van der Waals surface area contributed by atoms with E-state index in [-0.39, 0.29) is 55.7 Å². The molecule has 0 amide bonds. The van der Waals surface area contributed by atoms with Gasteiger partial charge in [0.15, 0.2) is 10.9 Å². The van der Waals surface area contributed by atoms with Crippen LogP contribution in [0.3, 0.4) is 0 Å². The molecule has 13 heteroatoms. The molecule has 3 atom stereocenters. The number of hydrogen-bond donors (Lipinski definition) is 2. The van der Waals surface area contributed by atoms with Gasteiger partial charge in [0.05, 0.1) is 34.0 Å². The van der Waals surface area contributed by atoms with Gasteiger partial charge in [-0.2, -0.15) is 9.97 Å². The van der Waals surface area contributed by atoms with Gasteiger partial charge in [-0.15, -0.1) is 0 Å². The number of fused-ring (bicyclic) bond motifs is 2. The number of likely N-dealkylation sites (tertiary alicyclic amines) is 1. The predicted molar refractivity (Wildman–Crippen MR) is 168 cm³/mol. The van der Waals surface area contributed by atoms with E-state index in [9.17, 15) is 4.39 Å². The Labute approximate surface area is 258 Å². The topological polar surface area (TPSA) is 102 Å². The molecule has 0 spiro atoms. The lowest BCUT2D eigenvalue weighted by molar-refractivity contribution is 0.0732. The van der Waals surface area contributed by atoms with E-state index in [1.54, 1.807) is 6.07 Å². The van der Waals surface area contributed by atoms with E-state index < -0.39 is 11.6 Å². The van der Waals surface area contributed by atoms with Gasteiger partial charge in [-0.1, -0.05) is 29.4 Å². The summed E-state index contributed by atoms with van der Waals surface area (Å²) in [4.78, 5) is 18.0. The molecule has 4 heterocycles. The summed E-state index contributed by atoms with van der Waals surface area (Å²) in [5, 5.41) is 4.15. The summed E-state index contributed by atoms with van der Waals surface area (Å²) in [6.07, 6.45) is 3.42. The second-order valence-corrected chi connectivity index (χ2v) is 12.9. The fourth-order valence-corrected chi connectivity index (χ4v) is 6.97. The second kappa shape index (κ2) is 12.6. The molecule has 3 N–H and O–H groups in total. The minimum atomic E-state index is -0.670. The van der Waals surface area contributed by atoms with E-state index in [1.807, 2.05) is 25.8 Å². The summed E-state index contributed by atoms with van der Waals surface area (Å²) in [5.74, 6) is -0.676. The molecule has 2 aliphatic rings. The second-order valence-electron chi connectivity index (χ2n) is 11.5. The number of rotatable bonds is 7. The normalized spacial score (nSPS) is 20.8. The number of ether oxygens (including phenoxy) is 2. The number of likely N-dealkylation sites (N-methyl/N-ethyl adjacent to an activating group) is 1. The van der Waals surface area contributed by atoms with Crippen molar-refractivity contribution in [3.8, 4) is 17.1 Å². The van der Waals surface area contributed by atoms with Crippen LogP contribution in [-0.4, -0.2) is 84.5 Å². The molecule has 2 aromatic carbocycles. The Morgan fingerprint density at radius 3 is 2.77 bits per heavy atom. The van der Waals surface area contributed by atoms with Gasteiger partial charge in [-0.25, -0.2) is 13.8 Å². The highest BCUT2D eigenvalue weighted by atomic mass is 35.5. The van der Waals surface area contributed by atoms with Crippen molar-refractivity contribution >= 4 is 55.0 Å². The summed E-state index contributed by atoms with van der Waals surface area (Å²) in [6.45, 7) is 8.61. The minimum Gasteiger partial charge on any atom is -0.459 e. The molecule has 9 nitrogen and oxygen atoms in total. The summed E-state index contributed by atoms with van der Waals surface area (Å²) in [7, 11) is 1.90. The zero-order valence-corrected chi connectivity index (χ0v) is 26.1. The molecule has 43 heavy (non-hydrogen) atoms. The van der Waals surface area contributed by atoms with E-state index in [0.717, 1.165) is 37.5 Å². The first-order valence-electron chi connectivity index (χ1n) is 14.7. The molecule has 3 unspecified atom stereocenters. The van der Waals surface area contributed by atoms with E-state index in [1.165, 1.54) is 31.4 Å². The maximum atomic E-state index is 16.7. The van der Waals surface area contributed by atoms with Crippen LogP contribution in [0, 0.1) is 11.6 Å². The number of benzene rings is 2. The Balaban J connectivity index is 1.46. The van der Waals surface area contributed by atoms with Gasteiger partial charge < -0.3 is 25.4 Å². The van der Waals surface area contributed by atoms with Crippen LogP contribution in [0.15, 0.2) is 18.2 Å². The van der Waals surface area contributed by atoms with Gasteiger partial charge in [-0.05, 0) is 58.0 Å². The van der Waals surface area contributed by atoms with Crippen molar-refractivity contribution in [1.82, 2.24) is 25.2 Å². The van der Waals surface area contributed by atoms with Crippen LogP contribution < -0.4 is 20.7 Å². The molecular formula is C30H36ClF2N7O2S. The number of hydrogen-bond acceptors (Lipinski definition) is 10. The third-order valence-electron chi connectivity index (χ3n) is 8.16. The molecule has 0 bridgehead atoms. The lowest BCUT2D eigenvalue weighted by Gasteiger charge is -2.30. The van der Waals surface area contributed by atoms with Crippen molar-refractivity contribution in [2.24, 2.45) is 0 Å². The lowest BCUT2D eigenvalue weighted by atomic mass is 10.0. The number of piperidine rings is 1. The highest BCUT2D eigenvalue weighted by Gasteiger charge is 2.28. The molecular weight excluding hydrogens is 596 g/mol. The number of aromatic nitrogens is 3. The Bertz CT molecular complexity index is 1630. The van der Waals surface area contributed by atoms with Gasteiger partial charge in [0.2, 0.25) is 0 Å². The number of anilines is 2. The molecule has 230 valence electrons. The molecule has 2 fully saturated rings. The largest absolute Gasteiger partial charge is 0.459 e. The molecule has 6 rings (SSSR count). The highest BCUT2D eigenvalue weighted by molar-refractivity contribution is 7.22. The average Bonchev–Trinajstić information content (AvgIpc) is 3.25. The van der Waals surface area contributed by atoms with Crippen LogP contribution in [0.25, 0.3) is 32.2 Å². The standard InChI is InChI=1S/C30H36ClF2N7O2S/c1-16-12-35-13-18(15-41-16)39(3)28-20-11-21(31)23(19-7-8-22(32)27-26(19)36-29(34)43-27)24(33)25(20)37-30(38-28)42-17(2)14-40-9-5-4-6-10-40/h7-8,11,16-18,35H,4-6,9-10,12-15H2,1-3H3,(H2,34,36). The zero-order chi connectivity index (χ0) is 30.2. The van der Waals surface area contributed by atoms with Crippen LogP contribution in [-0.2, 0) is 4.74 Å². The Hall–Kier alpha value is -2.90. The van der Waals surface area contributed by atoms with Crippen LogP contribution in [0.5, 0.6) is 6.01 Å². The number of thiazole rings is 1. The fourth-order valence-electron chi connectivity index (χ4n) is 5.91. The van der Waals surface area contributed by atoms with Crippen LogP contribution in [0.4, 0.5) is 19.7 Å². The molecule has 0 radical (unpaired) electrons. The third-order valence-corrected chi connectivity index (χ3v) is 9.35. The van der Waals surface area contributed by atoms with Crippen LogP contribution >= 0.6 is 22.9 Å². The van der Waals surface area contributed by atoms with Crippen molar-refractivity contribution in [3.63, 3.8) is 0 Å². The van der Waals surface area contributed by atoms with Gasteiger partial charge >= 0.3 is 6.01 Å². The zero-order valence-electron chi connectivity index (χ0n) is 24.5. The number of nitrogens with zero attached hydrogens (tertiary/aromatic N) is 5. The van der Waals surface area contributed by atoms with E-state index >= 15 is 4.39 Å². The first-order valence-corrected chi connectivity index (χ1v) is 15.9. The first-order chi connectivity index (χ1) is 20.7. The molecule has 4 aromatic rings. The number of nitrogens with two attached hydrogens (primary N) is 1. The quantitative estimate of drug-likeness (QED) is 0.274. The predicted octanol–water partition coefficient (Wildman–Crippen LogP) is 5.49. The number of nitrogens with one attached hydrogen (secondary N) is 1. The third kappa shape index (κ3) is 6.21. The van der Waals surface area contributed by atoms with E-state index in [2.05, 4.69) is 20.2 Å². The highest BCUT2D eigenvalue weighted by Crippen LogP contribution is 2.42. The maximum absolute atomic E-state index is 16.7. The summed E-state index contributed by atoms with van der Waals surface area (Å²) in [5.41, 5.74) is 6.60. The Morgan fingerprint density at radius 1 is 1.19 bits per heavy atom. The maximum Gasteiger partial charge on any atom is 0.319 e. The number of halogens is 3.